The molecule has 0 radical (unpaired) electrons. The van der Waals surface area contributed by atoms with Crippen molar-refractivity contribution in [1.29, 1.82) is 21.0 Å². The summed E-state index contributed by atoms with van der Waals surface area (Å²) in [5.41, 5.74) is 0.631. The lowest BCUT2D eigenvalue weighted by Crippen LogP contribution is -1.89. The van der Waals surface area contributed by atoms with Crippen LogP contribution in [0.25, 0.3) is 6.08 Å². The molecule has 0 saturated carbocycles. The molecule has 104 valence electrons. The maximum absolute atomic E-state index is 9.21. The van der Waals surface area contributed by atoms with Crippen LogP contribution in [0.4, 0.5) is 0 Å². The molecular weight excluding hydrogens is 296 g/mol. The Morgan fingerprint density at radius 2 is 1.95 bits per heavy atom. The second kappa shape index (κ2) is 6.91. The van der Waals surface area contributed by atoms with Crippen LogP contribution in [0, 0.1) is 45.3 Å². The van der Waals surface area contributed by atoms with Gasteiger partial charge in [0.15, 0.2) is 11.3 Å². The summed E-state index contributed by atoms with van der Waals surface area (Å²) in [5.74, 6) is 0.0449. The molecule has 0 spiro atoms. The van der Waals surface area contributed by atoms with Gasteiger partial charge in [0.1, 0.15) is 30.4 Å². The molecule has 1 aromatic rings. The molecule has 22 heavy (non-hydrogen) atoms. The number of allylic oxidation sites excluding steroid dienone is 2. The zero-order chi connectivity index (χ0) is 15.9. The first-order valence-electron chi connectivity index (χ1n) is 6.18. The number of nitriles is 4. The molecule has 0 aliphatic carbocycles. The highest BCUT2D eigenvalue weighted by molar-refractivity contribution is 7.12. The minimum atomic E-state index is -0.201. The molecule has 0 unspecified atom stereocenters. The smallest absolute Gasteiger partial charge is 0.172 e. The van der Waals surface area contributed by atoms with E-state index in [1.807, 2.05) is 24.3 Å². The topological polar surface area (TPSA) is 104 Å². The molecule has 0 fully saturated rings. The molecule has 0 amide bonds. The lowest BCUT2D eigenvalue weighted by molar-refractivity contribution is 0.272. The molecule has 0 saturated heterocycles. The highest BCUT2D eigenvalue weighted by atomic mass is 32.1. The lowest BCUT2D eigenvalue weighted by atomic mass is 10.1. The molecule has 0 N–H and O–H groups in total. The summed E-state index contributed by atoms with van der Waals surface area (Å²) >= 11 is 1.49. The molecule has 1 aromatic heterocycles. The third kappa shape index (κ3) is 3.05. The van der Waals surface area contributed by atoms with Crippen molar-refractivity contribution in [3.05, 3.63) is 50.4 Å². The van der Waals surface area contributed by atoms with Crippen molar-refractivity contribution in [2.45, 2.75) is 6.42 Å². The molecule has 1 aliphatic rings. The first kappa shape index (κ1) is 15.1. The number of thiophene rings is 1. The second-order valence-electron chi connectivity index (χ2n) is 4.20. The summed E-state index contributed by atoms with van der Waals surface area (Å²) in [6, 6.07) is 11.3. The van der Waals surface area contributed by atoms with Crippen molar-refractivity contribution in [2.24, 2.45) is 0 Å². The van der Waals surface area contributed by atoms with Crippen LogP contribution in [0.3, 0.4) is 0 Å². The van der Waals surface area contributed by atoms with Crippen molar-refractivity contribution in [3.63, 3.8) is 0 Å². The van der Waals surface area contributed by atoms with Crippen LogP contribution in [0.1, 0.15) is 9.75 Å². The summed E-state index contributed by atoms with van der Waals surface area (Å²) in [6.07, 6.45) is 3.93. The normalized spacial score (nSPS) is 13.2. The number of rotatable bonds is 3. The summed E-state index contributed by atoms with van der Waals surface area (Å²) in [7, 11) is 0. The van der Waals surface area contributed by atoms with E-state index in [0.717, 1.165) is 9.75 Å². The Labute approximate surface area is 131 Å². The van der Waals surface area contributed by atoms with Gasteiger partial charge >= 0.3 is 0 Å². The van der Waals surface area contributed by atoms with E-state index < -0.39 is 0 Å². The van der Waals surface area contributed by atoms with Crippen LogP contribution in [0.5, 0.6) is 0 Å². The van der Waals surface area contributed by atoms with E-state index in [-0.39, 0.29) is 23.5 Å². The average Bonchev–Trinajstić information content (AvgIpc) is 3.13. The number of hydrogen-bond acceptors (Lipinski definition) is 6. The summed E-state index contributed by atoms with van der Waals surface area (Å²) in [6.45, 7) is 0.151. The van der Waals surface area contributed by atoms with Gasteiger partial charge in [0.05, 0.1) is 12.5 Å². The Morgan fingerprint density at radius 1 is 1.18 bits per heavy atom. The molecule has 2 heterocycles. The first-order valence-corrected chi connectivity index (χ1v) is 6.99. The van der Waals surface area contributed by atoms with E-state index in [0.29, 0.717) is 12.0 Å². The van der Waals surface area contributed by atoms with E-state index in [9.17, 15) is 5.26 Å². The molecule has 0 bridgehead atoms. The summed E-state index contributed by atoms with van der Waals surface area (Å²) in [5, 5.41) is 35.6. The van der Waals surface area contributed by atoms with Crippen LogP contribution in [-0.2, 0) is 11.2 Å². The highest BCUT2D eigenvalue weighted by Crippen LogP contribution is 2.28. The monoisotopic (exact) mass is 304 g/mol. The largest absolute Gasteiger partial charge is 0.485 e. The van der Waals surface area contributed by atoms with Crippen LogP contribution < -0.4 is 0 Å². The summed E-state index contributed by atoms with van der Waals surface area (Å²) in [4.78, 5) is 1.92. The standard InChI is InChI=1S/C16H8N4OS/c17-6-5-14-4-3-13(22-14)2-1-11-10-21-16(15(11)9-20)12(7-18)8-19/h1-4H,5,10H2/b2-1+. The first-order chi connectivity index (χ1) is 10.7. The van der Waals surface area contributed by atoms with Gasteiger partial charge in [-0.2, -0.15) is 21.0 Å². The fourth-order valence-electron chi connectivity index (χ4n) is 1.86. The van der Waals surface area contributed by atoms with E-state index in [1.165, 1.54) is 11.3 Å². The van der Waals surface area contributed by atoms with Gasteiger partial charge in [0, 0.05) is 15.3 Å². The van der Waals surface area contributed by atoms with Crippen molar-refractivity contribution in [2.75, 3.05) is 6.61 Å². The predicted octanol–water partition coefficient (Wildman–Crippen LogP) is 2.98. The molecule has 6 heteroatoms. The van der Waals surface area contributed by atoms with E-state index in [2.05, 4.69) is 6.07 Å². The Hall–Kier alpha value is -3.32. The average molecular weight is 304 g/mol. The zero-order valence-corrected chi connectivity index (χ0v) is 12.1. The molecule has 2 rings (SSSR count). The Bertz CT molecular complexity index is 844. The van der Waals surface area contributed by atoms with Crippen molar-refractivity contribution < 1.29 is 4.74 Å². The fraction of sp³-hybridized carbons (Fsp3) is 0.125. The van der Waals surface area contributed by atoms with Gasteiger partial charge < -0.3 is 4.74 Å². The van der Waals surface area contributed by atoms with Gasteiger partial charge in [-0.3, -0.25) is 0 Å². The minimum absolute atomic E-state index is 0.0449. The number of nitrogens with zero attached hydrogens (tertiary/aromatic N) is 4. The van der Waals surface area contributed by atoms with Crippen molar-refractivity contribution in [1.82, 2.24) is 0 Å². The van der Waals surface area contributed by atoms with Crippen LogP contribution in [0.15, 0.2) is 40.7 Å². The molecule has 5 nitrogen and oxygen atoms in total. The Balaban J connectivity index is 2.31. The summed E-state index contributed by atoms with van der Waals surface area (Å²) < 4.78 is 5.29. The van der Waals surface area contributed by atoms with Crippen LogP contribution >= 0.6 is 11.3 Å². The van der Waals surface area contributed by atoms with Gasteiger partial charge in [-0.25, -0.2) is 0 Å². The van der Waals surface area contributed by atoms with E-state index in [1.54, 1.807) is 18.2 Å². The SMILES string of the molecule is N#CCc1ccc(/C=C/C2=C(C#N)C(=C(C#N)C#N)OC2)s1. The Kier molecular flexibility index (Phi) is 4.74. The molecule has 0 atom stereocenters. The van der Waals surface area contributed by atoms with E-state index in [4.69, 9.17) is 20.5 Å². The van der Waals surface area contributed by atoms with Gasteiger partial charge in [0.2, 0.25) is 0 Å². The second-order valence-corrected chi connectivity index (χ2v) is 5.40. The van der Waals surface area contributed by atoms with Crippen LogP contribution in [0.2, 0.25) is 0 Å². The fourth-order valence-corrected chi connectivity index (χ4v) is 2.71. The lowest BCUT2D eigenvalue weighted by Gasteiger charge is -1.96. The quantitative estimate of drug-likeness (QED) is 0.798. The molecule has 1 aliphatic heterocycles. The third-order valence-corrected chi connectivity index (χ3v) is 3.92. The van der Waals surface area contributed by atoms with Gasteiger partial charge in [0.25, 0.3) is 0 Å². The maximum Gasteiger partial charge on any atom is 0.172 e. The molecule has 0 aromatic carbocycles. The molecular formula is C16H8N4OS. The predicted molar refractivity (Wildman–Crippen MR) is 79.5 cm³/mol. The minimum Gasteiger partial charge on any atom is -0.485 e. The van der Waals surface area contributed by atoms with E-state index >= 15 is 0 Å². The van der Waals surface area contributed by atoms with Gasteiger partial charge in [-0.15, -0.1) is 11.3 Å². The number of hydrogen-bond donors (Lipinski definition) is 0. The highest BCUT2D eigenvalue weighted by Gasteiger charge is 2.23. The Morgan fingerprint density at radius 3 is 2.59 bits per heavy atom. The zero-order valence-electron chi connectivity index (χ0n) is 11.3. The van der Waals surface area contributed by atoms with Gasteiger partial charge in [-0.1, -0.05) is 6.08 Å². The van der Waals surface area contributed by atoms with Crippen molar-refractivity contribution >= 4 is 17.4 Å². The maximum atomic E-state index is 9.21. The van der Waals surface area contributed by atoms with Gasteiger partial charge in [-0.05, 0) is 18.2 Å². The third-order valence-electron chi connectivity index (χ3n) is 2.87. The van der Waals surface area contributed by atoms with Crippen LogP contribution in [-0.4, -0.2) is 6.61 Å². The number of ether oxygens (including phenoxy) is 1. The van der Waals surface area contributed by atoms with Crippen molar-refractivity contribution in [3.8, 4) is 24.3 Å².